The van der Waals surface area contributed by atoms with E-state index in [4.69, 9.17) is 40.5 Å². The van der Waals surface area contributed by atoms with Gasteiger partial charge in [0.1, 0.15) is 10.4 Å². The minimum atomic E-state index is -4.22. The summed E-state index contributed by atoms with van der Waals surface area (Å²) in [6, 6.07) is 2.44. The molecule has 4 aliphatic rings. The highest BCUT2D eigenvalue weighted by Crippen LogP contribution is 2.60. The lowest BCUT2D eigenvalue weighted by molar-refractivity contribution is -0.148. The summed E-state index contributed by atoms with van der Waals surface area (Å²) in [5, 5.41) is 3.00. The molecule has 0 spiro atoms. The van der Waals surface area contributed by atoms with E-state index in [2.05, 4.69) is 10.0 Å². The van der Waals surface area contributed by atoms with Crippen LogP contribution in [0.25, 0.3) is 0 Å². The third kappa shape index (κ3) is 4.13. The molecule has 2 atom stereocenters. The summed E-state index contributed by atoms with van der Waals surface area (Å²) >= 11 is 18.0. The Balaban J connectivity index is 1.51. The van der Waals surface area contributed by atoms with Crippen molar-refractivity contribution in [3.63, 3.8) is 0 Å². The highest BCUT2D eigenvalue weighted by atomic mass is 35.5. The molecule has 4 bridgehead atoms. The Labute approximate surface area is 202 Å². The van der Waals surface area contributed by atoms with E-state index < -0.39 is 26.9 Å². The smallest absolute Gasteiger partial charge is 0.244 e. The number of sulfonamides is 1. The second-order valence-corrected chi connectivity index (χ2v) is 12.9. The van der Waals surface area contributed by atoms with E-state index in [1.54, 1.807) is 0 Å². The van der Waals surface area contributed by atoms with Crippen molar-refractivity contribution in [1.82, 2.24) is 10.0 Å². The predicted octanol–water partition coefficient (Wildman–Crippen LogP) is 3.50. The van der Waals surface area contributed by atoms with Crippen molar-refractivity contribution < 1.29 is 18.0 Å². The number of rotatable bonds is 6. The lowest BCUT2D eigenvalue weighted by Crippen LogP contribution is -2.65. The van der Waals surface area contributed by atoms with Crippen molar-refractivity contribution in [3.8, 4) is 0 Å². The molecule has 32 heavy (non-hydrogen) atoms. The number of halogens is 3. The quantitative estimate of drug-likeness (QED) is 0.530. The molecular weight excluding hydrogens is 497 g/mol. The minimum absolute atomic E-state index is 0.113. The van der Waals surface area contributed by atoms with E-state index in [1.807, 2.05) is 0 Å². The van der Waals surface area contributed by atoms with Crippen LogP contribution in [0, 0.1) is 23.2 Å². The van der Waals surface area contributed by atoms with Crippen molar-refractivity contribution in [2.24, 2.45) is 28.9 Å². The summed E-state index contributed by atoms with van der Waals surface area (Å²) in [7, 11) is -4.22. The van der Waals surface area contributed by atoms with Crippen LogP contribution in [0.1, 0.15) is 46.0 Å². The Kier molecular flexibility index (Phi) is 6.03. The van der Waals surface area contributed by atoms with Gasteiger partial charge in [-0.3, -0.25) is 9.59 Å². The minimum Gasteiger partial charge on any atom is -0.369 e. The maximum absolute atomic E-state index is 13.2. The molecule has 1 aromatic carbocycles. The fourth-order valence-electron chi connectivity index (χ4n) is 6.11. The van der Waals surface area contributed by atoms with Crippen LogP contribution in [0.15, 0.2) is 17.0 Å². The van der Waals surface area contributed by atoms with Gasteiger partial charge in [-0.2, -0.15) is 4.72 Å². The van der Waals surface area contributed by atoms with Gasteiger partial charge in [0.05, 0.1) is 10.0 Å². The molecular formula is C21H26Cl3N3O4S. The molecule has 0 heterocycles. The molecule has 0 aromatic heterocycles. The topological polar surface area (TPSA) is 118 Å². The van der Waals surface area contributed by atoms with Crippen molar-refractivity contribution in [2.75, 3.05) is 0 Å². The molecule has 4 fully saturated rings. The van der Waals surface area contributed by atoms with E-state index in [1.165, 1.54) is 26.0 Å². The number of benzene rings is 1. The molecule has 2 amide bonds. The van der Waals surface area contributed by atoms with Crippen LogP contribution >= 0.6 is 34.8 Å². The largest absolute Gasteiger partial charge is 0.369 e. The Morgan fingerprint density at radius 1 is 1.06 bits per heavy atom. The standard InChI is InChI=1S/C21H26Cl3N3O4S/c1-20(2,27-32(30,31)17-14(23)5-13(22)6-15(17)24)19(29)26-16-11-3-10-4-12(16)9-21(7-10,8-11)18(25)28/h5-6,10-12,16,27H,3-4,7-9H2,1-2H3,(H2,25,28)(H,26,29). The van der Waals surface area contributed by atoms with Crippen LogP contribution in [0.4, 0.5) is 0 Å². The van der Waals surface area contributed by atoms with Gasteiger partial charge in [-0.1, -0.05) is 34.8 Å². The van der Waals surface area contributed by atoms with Gasteiger partial charge < -0.3 is 11.1 Å². The molecule has 176 valence electrons. The Bertz CT molecular complexity index is 1050. The number of hydrogen-bond donors (Lipinski definition) is 3. The number of nitrogens with one attached hydrogen (secondary N) is 2. The molecule has 0 aliphatic heterocycles. The first-order chi connectivity index (χ1) is 14.7. The zero-order chi connectivity index (χ0) is 23.6. The molecule has 5 rings (SSSR count). The Morgan fingerprint density at radius 2 is 1.59 bits per heavy atom. The van der Waals surface area contributed by atoms with Crippen LogP contribution in [0.5, 0.6) is 0 Å². The van der Waals surface area contributed by atoms with Gasteiger partial charge in [0.15, 0.2) is 0 Å². The summed E-state index contributed by atoms with van der Waals surface area (Å²) in [4.78, 5) is 25.0. The summed E-state index contributed by atoms with van der Waals surface area (Å²) in [6.07, 6.45) is 4.06. The molecule has 4 saturated carbocycles. The van der Waals surface area contributed by atoms with E-state index in [0.29, 0.717) is 18.8 Å². The van der Waals surface area contributed by atoms with Gasteiger partial charge in [0.2, 0.25) is 21.8 Å². The number of carbonyl (C=O) groups is 2. The van der Waals surface area contributed by atoms with Gasteiger partial charge in [-0.25, -0.2) is 8.42 Å². The van der Waals surface area contributed by atoms with Crippen LogP contribution in [0.2, 0.25) is 15.1 Å². The summed E-state index contributed by atoms with van der Waals surface area (Å²) in [5.41, 5.74) is 3.80. The highest BCUT2D eigenvalue weighted by molar-refractivity contribution is 7.89. The first-order valence-corrected chi connectivity index (χ1v) is 13.2. The first kappa shape index (κ1) is 24.1. The summed E-state index contributed by atoms with van der Waals surface area (Å²) in [5.74, 6) is 0.0729. The molecule has 7 nitrogen and oxygen atoms in total. The molecule has 2 unspecified atom stereocenters. The average molecular weight is 523 g/mol. The second-order valence-electron chi connectivity index (χ2n) is 10.0. The molecule has 4 aliphatic carbocycles. The highest BCUT2D eigenvalue weighted by Gasteiger charge is 2.58. The zero-order valence-electron chi connectivity index (χ0n) is 17.8. The lowest BCUT2D eigenvalue weighted by Gasteiger charge is -2.59. The van der Waals surface area contributed by atoms with Gasteiger partial charge in [-0.05, 0) is 75.8 Å². The van der Waals surface area contributed by atoms with E-state index >= 15 is 0 Å². The van der Waals surface area contributed by atoms with Crippen LogP contribution < -0.4 is 15.8 Å². The van der Waals surface area contributed by atoms with Gasteiger partial charge >= 0.3 is 0 Å². The molecule has 1 aromatic rings. The SMILES string of the molecule is CC(C)(NS(=O)(=O)c1c(Cl)cc(Cl)cc1Cl)C(=O)NC1C2CC3CC1CC(C(N)=O)(C3)C2. The number of carbonyl (C=O) groups excluding carboxylic acids is 2. The third-order valence-corrected chi connectivity index (χ3v) is 10.1. The fraction of sp³-hybridized carbons (Fsp3) is 0.619. The van der Waals surface area contributed by atoms with E-state index in [0.717, 1.165) is 19.3 Å². The maximum Gasteiger partial charge on any atom is 0.244 e. The van der Waals surface area contributed by atoms with Crippen molar-refractivity contribution in [2.45, 2.75) is 62.4 Å². The van der Waals surface area contributed by atoms with Gasteiger partial charge in [0, 0.05) is 16.5 Å². The molecule has 4 N–H and O–H groups in total. The first-order valence-electron chi connectivity index (χ1n) is 10.5. The number of hydrogen-bond acceptors (Lipinski definition) is 4. The maximum atomic E-state index is 13.2. The zero-order valence-corrected chi connectivity index (χ0v) is 20.8. The third-order valence-electron chi connectivity index (χ3n) is 7.28. The molecule has 11 heteroatoms. The normalized spacial score (nSPS) is 31.5. The van der Waals surface area contributed by atoms with Crippen molar-refractivity contribution >= 4 is 56.6 Å². The number of nitrogens with two attached hydrogens (primary N) is 1. The number of primary amides is 1. The lowest BCUT2D eigenvalue weighted by atomic mass is 9.47. The average Bonchev–Trinajstić information content (AvgIpc) is 2.61. The Morgan fingerprint density at radius 3 is 2.09 bits per heavy atom. The van der Waals surface area contributed by atoms with Crippen molar-refractivity contribution in [1.29, 1.82) is 0 Å². The number of amides is 2. The van der Waals surface area contributed by atoms with Crippen LogP contribution in [0.3, 0.4) is 0 Å². The second kappa shape index (κ2) is 8.01. The fourth-order valence-corrected chi connectivity index (χ4v) is 9.04. The van der Waals surface area contributed by atoms with Gasteiger partial charge in [0.25, 0.3) is 0 Å². The van der Waals surface area contributed by atoms with E-state index in [-0.39, 0.29) is 43.7 Å². The van der Waals surface area contributed by atoms with Gasteiger partial charge in [-0.15, -0.1) is 0 Å². The molecule has 0 radical (unpaired) electrons. The van der Waals surface area contributed by atoms with Crippen LogP contribution in [-0.2, 0) is 19.6 Å². The Hall–Kier alpha value is -1.06. The predicted molar refractivity (Wildman–Crippen MR) is 123 cm³/mol. The van der Waals surface area contributed by atoms with Crippen molar-refractivity contribution in [3.05, 3.63) is 27.2 Å². The monoisotopic (exact) mass is 521 g/mol. The summed E-state index contributed by atoms with van der Waals surface area (Å²) < 4.78 is 28.4. The van der Waals surface area contributed by atoms with Crippen LogP contribution in [-0.4, -0.2) is 31.8 Å². The summed E-state index contributed by atoms with van der Waals surface area (Å²) in [6.45, 7) is 2.97. The van der Waals surface area contributed by atoms with E-state index in [9.17, 15) is 18.0 Å². The molecule has 0 saturated heterocycles.